The van der Waals surface area contributed by atoms with Crippen LogP contribution in [-0.2, 0) is 10.2 Å². The molecule has 3 N–H and O–H groups in total. The van der Waals surface area contributed by atoms with Gasteiger partial charge >= 0.3 is 0 Å². The number of nitrogens with one attached hydrogen (secondary N) is 3. The minimum Gasteiger partial charge on any atom is -0.370 e. The van der Waals surface area contributed by atoms with Gasteiger partial charge in [0.25, 0.3) is 27.6 Å². The number of halogens is 4. The Morgan fingerprint density at radius 3 is 2.48 bits per heavy atom. The highest BCUT2D eigenvalue weighted by Crippen LogP contribution is 2.61. The van der Waals surface area contributed by atoms with E-state index in [9.17, 15) is 35.6 Å². The van der Waals surface area contributed by atoms with Crippen LogP contribution in [-0.4, -0.2) is 64.6 Å². The minimum atomic E-state index is -3.87. The van der Waals surface area contributed by atoms with Gasteiger partial charge in [0.2, 0.25) is 6.43 Å². The molecule has 2 aliphatic heterocycles. The minimum absolute atomic E-state index is 0.0331. The first-order chi connectivity index (χ1) is 18.8. The number of piperidine rings is 2. The van der Waals surface area contributed by atoms with E-state index in [0.29, 0.717) is 12.1 Å². The SMILES string of the molecule is CNS(=O)(=O)Nc1ccc(C(=O)Nc2cccn(N3CCC(F)(F)CC3)c2=O)c(N2CC[C@]3(C(F)F)C[C@@H]3C2)c1. The van der Waals surface area contributed by atoms with Crippen LogP contribution in [0.3, 0.4) is 0 Å². The van der Waals surface area contributed by atoms with Crippen LogP contribution in [0.5, 0.6) is 0 Å². The Labute approximate surface area is 228 Å². The largest absolute Gasteiger partial charge is 0.370 e. The Hall–Kier alpha value is -3.33. The molecule has 2 saturated heterocycles. The molecule has 0 bridgehead atoms. The number of hydrogen-bond acceptors (Lipinski definition) is 6. The fourth-order valence-corrected chi connectivity index (χ4v) is 6.07. The first-order valence-corrected chi connectivity index (χ1v) is 14.4. The quantitative estimate of drug-likeness (QED) is 0.410. The monoisotopic (exact) mass is 586 g/mol. The van der Waals surface area contributed by atoms with E-state index in [1.165, 1.54) is 53.3 Å². The number of fused-ring (bicyclic) bond motifs is 1. The highest BCUT2D eigenvalue weighted by atomic mass is 32.2. The second-order valence-corrected chi connectivity index (χ2v) is 12.1. The number of amides is 1. The van der Waals surface area contributed by atoms with E-state index in [1.54, 1.807) is 4.90 Å². The Morgan fingerprint density at radius 2 is 1.82 bits per heavy atom. The zero-order valence-electron chi connectivity index (χ0n) is 21.7. The molecule has 1 aliphatic carbocycles. The van der Waals surface area contributed by atoms with Crippen molar-refractivity contribution in [2.75, 3.05) is 53.2 Å². The van der Waals surface area contributed by atoms with Crippen molar-refractivity contribution < 1.29 is 30.8 Å². The van der Waals surface area contributed by atoms with Gasteiger partial charge in [0, 0.05) is 57.7 Å². The van der Waals surface area contributed by atoms with Gasteiger partial charge in [-0.3, -0.25) is 14.3 Å². The first kappa shape index (κ1) is 28.2. The summed E-state index contributed by atoms with van der Waals surface area (Å²) >= 11 is 0. The van der Waals surface area contributed by atoms with Crippen LogP contribution >= 0.6 is 0 Å². The molecule has 40 heavy (non-hydrogen) atoms. The molecule has 15 heteroatoms. The van der Waals surface area contributed by atoms with E-state index >= 15 is 0 Å². The lowest BCUT2D eigenvalue weighted by Gasteiger charge is -2.34. The van der Waals surface area contributed by atoms with E-state index in [-0.39, 0.29) is 55.5 Å². The summed E-state index contributed by atoms with van der Waals surface area (Å²) in [6.45, 7) is 0.440. The van der Waals surface area contributed by atoms with E-state index in [2.05, 4.69) is 14.8 Å². The molecule has 1 aromatic heterocycles. The van der Waals surface area contributed by atoms with Crippen LogP contribution < -0.4 is 30.2 Å². The van der Waals surface area contributed by atoms with E-state index in [0.717, 1.165) is 0 Å². The maximum Gasteiger partial charge on any atom is 0.298 e. The van der Waals surface area contributed by atoms with Gasteiger partial charge in [-0.15, -0.1) is 0 Å². The Bertz CT molecular complexity index is 1460. The lowest BCUT2D eigenvalue weighted by Crippen LogP contribution is -2.49. The van der Waals surface area contributed by atoms with Crippen molar-refractivity contribution in [3.8, 4) is 0 Å². The number of rotatable bonds is 8. The number of alkyl halides is 4. The van der Waals surface area contributed by atoms with Crippen molar-refractivity contribution >= 4 is 33.2 Å². The molecular formula is C25H30F4N6O4S. The molecule has 3 heterocycles. The number of aromatic nitrogens is 1. The molecule has 10 nitrogen and oxygen atoms in total. The molecule has 0 spiro atoms. The molecule has 1 amide bonds. The highest BCUT2D eigenvalue weighted by Gasteiger charge is 2.62. The van der Waals surface area contributed by atoms with Crippen LogP contribution in [0.15, 0.2) is 41.3 Å². The molecule has 2 aromatic rings. The summed E-state index contributed by atoms with van der Waals surface area (Å²) in [7, 11) is -2.64. The van der Waals surface area contributed by atoms with Crippen molar-refractivity contribution in [2.45, 2.75) is 38.0 Å². The molecular weight excluding hydrogens is 556 g/mol. The van der Waals surface area contributed by atoms with Gasteiger partial charge in [-0.25, -0.2) is 27.0 Å². The third-order valence-electron chi connectivity index (χ3n) is 8.06. The van der Waals surface area contributed by atoms with E-state index < -0.39 is 52.3 Å². The summed E-state index contributed by atoms with van der Waals surface area (Å²) < 4.78 is 84.2. The zero-order chi connectivity index (χ0) is 28.9. The fraction of sp³-hybridized carbons (Fsp3) is 0.520. The summed E-state index contributed by atoms with van der Waals surface area (Å²) in [6, 6.07) is 7.15. The number of anilines is 3. The number of carbonyl (C=O) groups excluding carboxylic acids is 1. The smallest absolute Gasteiger partial charge is 0.298 e. The summed E-state index contributed by atoms with van der Waals surface area (Å²) in [5.41, 5.74) is -1.08. The number of carbonyl (C=O) groups is 1. The summed E-state index contributed by atoms with van der Waals surface area (Å²) in [5.74, 6) is -3.72. The van der Waals surface area contributed by atoms with Gasteiger partial charge in [0.1, 0.15) is 5.69 Å². The second kappa shape index (κ2) is 10.3. The normalized spacial score (nSPS) is 24.0. The van der Waals surface area contributed by atoms with Gasteiger partial charge in [0.05, 0.1) is 16.9 Å². The first-order valence-electron chi connectivity index (χ1n) is 12.9. The molecule has 1 saturated carbocycles. The van der Waals surface area contributed by atoms with E-state index in [1.807, 2.05) is 0 Å². The van der Waals surface area contributed by atoms with Crippen molar-refractivity contribution in [1.29, 1.82) is 0 Å². The van der Waals surface area contributed by atoms with Crippen molar-refractivity contribution in [3.05, 3.63) is 52.4 Å². The Balaban J connectivity index is 1.41. The van der Waals surface area contributed by atoms with Crippen LogP contribution in [0.2, 0.25) is 0 Å². The molecule has 3 fully saturated rings. The molecule has 5 rings (SSSR count). The summed E-state index contributed by atoms with van der Waals surface area (Å²) in [4.78, 5) is 28.4. The van der Waals surface area contributed by atoms with Gasteiger partial charge in [-0.1, -0.05) is 0 Å². The molecule has 0 radical (unpaired) electrons. The highest BCUT2D eigenvalue weighted by molar-refractivity contribution is 7.90. The summed E-state index contributed by atoms with van der Waals surface area (Å²) in [6.07, 6.45) is -1.20. The van der Waals surface area contributed by atoms with E-state index in [4.69, 9.17) is 0 Å². The molecule has 0 unspecified atom stereocenters. The van der Waals surface area contributed by atoms with Crippen molar-refractivity contribution in [3.63, 3.8) is 0 Å². The average Bonchev–Trinajstić information content (AvgIpc) is 3.65. The fourth-order valence-electron chi connectivity index (χ4n) is 5.53. The number of pyridine rings is 1. The summed E-state index contributed by atoms with van der Waals surface area (Å²) in [5, 5.41) is 4.07. The zero-order valence-corrected chi connectivity index (χ0v) is 22.5. The number of hydrogen-bond donors (Lipinski definition) is 3. The lowest BCUT2D eigenvalue weighted by atomic mass is 9.95. The molecule has 1 aromatic carbocycles. The molecule has 2 atom stereocenters. The van der Waals surface area contributed by atoms with Crippen molar-refractivity contribution in [2.24, 2.45) is 11.3 Å². The third-order valence-corrected chi connectivity index (χ3v) is 9.10. The van der Waals surface area contributed by atoms with Crippen LogP contribution in [0.25, 0.3) is 0 Å². The average molecular weight is 587 g/mol. The van der Waals surface area contributed by atoms with Gasteiger partial charge in [-0.2, -0.15) is 8.42 Å². The predicted octanol–water partition coefficient (Wildman–Crippen LogP) is 2.83. The van der Waals surface area contributed by atoms with Crippen LogP contribution in [0.1, 0.15) is 36.0 Å². The molecule has 218 valence electrons. The third kappa shape index (κ3) is 5.48. The lowest BCUT2D eigenvalue weighted by molar-refractivity contribution is -0.0260. The Morgan fingerprint density at radius 1 is 1.10 bits per heavy atom. The maximum atomic E-state index is 13.6. The van der Waals surface area contributed by atoms with Crippen LogP contribution in [0.4, 0.5) is 34.6 Å². The van der Waals surface area contributed by atoms with Crippen LogP contribution in [0, 0.1) is 11.3 Å². The Kier molecular flexibility index (Phi) is 7.23. The van der Waals surface area contributed by atoms with Gasteiger partial charge < -0.3 is 15.2 Å². The standard InChI is InChI=1S/C25H30F4N6O4S/c1-30-40(38,39)32-17-4-5-18(20(13-17)33-10-6-24(23(26)27)14-16(24)15-33)21(36)31-19-3-2-9-35(22(19)37)34-11-7-25(28,29)8-12-34/h2-5,9,13,16,23,30,32H,6-8,10-12,14-15H2,1H3,(H,31,36)/t16-,24+/m1/s1. The van der Waals surface area contributed by atoms with Gasteiger partial charge in [0.15, 0.2) is 0 Å². The maximum absolute atomic E-state index is 13.6. The number of benzene rings is 1. The number of nitrogens with zero attached hydrogens (tertiary/aromatic N) is 3. The predicted molar refractivity (Wildman–Crippen MR) is 142 cm³/mol. The molecule has 3 aliphatic rings. The van der Waals surface area contributed by atoms with Gasteiger partial charge in [-0.05, 0) is 49.1 Å². The topological polar surface area (TPSA) is 116 Å². The van der Waals surface area contributed by atoms with Crippen molar-refractivity contribution in [1.82, 2.24) is 9.40 Å². The second-order valence-electron chi connectivity index (χ2n) is 10.5.